The zero-order chi connectivity index (χ0) is 18.0. The first-order chi connectivity index (χ1) is 11.8. The number of carbonyl (C=O) groups excluding carboxylic acids is 2. The second-order valence-electron chi connectivity index (χ2n) is 6.87. The maximum Gasteiger partial charge on any atom is 0.338 e. The molecule has 1 heterocycles. The lowest BCUT2D eigenvalue weighted by Gasteiger charge is -2.20. The lowest BCUT2D eigenvalue weighted by atomic mass is 9.96. The number of ketones is 1. The molecule has 0 unspecified atom stereocenters. The molecular formula is C20H20O5. The Labute approximate surface area is 146 Å². The summed E-state index contributed by atoms with van der Waals surface area (Å²) in [6.45, 7) is 5.43. The summed E-state index contributed by atoms with van der Waals surface area (Å²) >= 11 is 0. The van der Waals surface area contributed by atoms with Crippen LogP contribution in [0.1, 0.15) is 58.9 Å². The summed E-state index contributed by atoms with van der Waals surface area (Å²) in [7, 11) is 0. The Hall–Kier alpha value is -2.50. The topological polar surface area (TPSA) is 68.4 Å². The molecule has 1 saturated heterocycles. The zero-order valence-electron chi connectivity index (χ0n) is 14.4. The molecule has 0 N–H and O–H groups in total. The fraction of sp³-hybridized carbons (Fsp3) is 0.300. The second kappa shape index (κ2) is 6.78. The third kappa shape index (κ3) is 4.32. The Bertz CT molecular complexity index is 800. The van der Waals surface area contributed by atoms with Crippen LogP contribution >= 0.6 is 0 Å². The van der Waals surface area contributed by atoms with Gasteiger partial charge in [-0.1, -0.05) is 42.5 Å². The molecule has 0 spiro atoms. The van der Waals surface area contributed by atoms with Gasteiger partial charge in [0.25, 0.3) is 0 Å². The molecule has 3 rings (SSSR count). The SMILES string of the molecule is CC(C)(C)OC(=O)c1ccccc1CC(=O)c1ccccc1C1OO1. The second-order valence-corrected chi connectivity index (χ2v) is 6.87. The Morgan fingerprint density at radius 3 is 2.20 bits per heavy atom. The van der Waals surface area contributed by atoms with Gasteiger partial charge in [0.2, 0.25) is 6.29 Å². The molecule has 2 aromatic rings. The molecule has 0 aromatic heterocycles. The number of esters is 1. The van der Waals surface area contributed by atoms with Gasteiger partial charge in [-0.2, -0.15) is 9.78 Å². The summed E-state index contributed by atoms with van der Waals surface area (Å²) in [6, 6.07) is 14.1. The molecule has 1 aliphatic rings. The smallest absolute Gasteiger partial charge is 0.338 e. The number of hydrogen-bond donors (Lipinski definition) is 0. The maximum atomic E-state index is 12.8. The van der Waals surface area contributed by atoms with Crippen LogP contribution in [0.25, 0.3) is 0 Å². The van der Waals surface area contributed by atoms with Gasteiger partial charge in [-0.3, -0.25) is 4.79 Å². The summed E-state index contributed by atoms with van der Waals surface area (Å²) in [5, 5.41) is 0. The van der Waals surface area contributed by atoms with Gasteiger partial charge in [0.1, 0.15) is 5.60 Å². The van der Waals surface area contributed by atoms with Gasteiger partial charge in [-0.05, 0) is 32.4 Å². The van der Waals surface area contributed by atoms with Crippen molar-refractivity contribution in [1.29, 1.82) is 0 Å². The Morgan fingerprint density at radius 1 is 0.960 bits per heavy atom. The third-order valence-corrected chi connectivity index (χ3v) is 3.69. The summed E-state index contributed by atoms with van der Waals surface area (Å²) in [6.07, 6.45) is -0.389. The highest BCUT2D eigenvalue weighted by molar-refractivity contribution is 6.01. The molecule has 0 bridgehead atoms. The van der Waals surface area contributed by atoms with Gasteiger partial charge in [0.15, 0.2) is 5.78 Å². The van der Waals surface area contributed by atoms with Crippen LogP contribution in [0.5, 0.6) is 0 Å². The van der Waals surface area contributed by atoms with E-state index in [1.807, 2.05) is 26.8 Å². The van der Waals surface area contributed by atoms with Gasteiger partial charge in [-0.15, -0.1) is 0 Å². The quantitative estimate of drug-likeness (QED) is 0.356. The predicted octanol–water partition coefficient (Wildman–Crippen LogP) is 4.03. The maximum absolute atomic E-state index is 12.8. The van der Waals surface area contributed by atoms with E-state index in [0.29, 0.717) is 22.3 Å². The van der Waals surface area contributed by atoms with Crippen molar-refractivity contribution in [3.05, 3.63) is 70.8 Å². The minimum absolute atomic E-state index is 0.0964. The number of ether oxygens (including phenoxy) is 1. The Morgan fingerprint density at radius 2 is 1.56 bits per heavy atom. The van der Waals surface area contributed by atoms with E-state index in [2.05, 4.69) is 0 Å². The van der Waals surface area contributed by atoms with Crippen molar-refractivity contribution in [2.45, 2.75) is 39.1 Å². The van der Waals surface area contributed by atoms with E-state index in [9.17, 15) is 9.59 Å². The van der Waals surface area contributed by atoms with Crippen LogP contribution in [0.4, 0.5) is 0 Å². The fourth-order valence-corrected chi connectivity index (χ4v) is 2.56. The van der Waals surface area contributed by atoms with Gasteiger partial charge in [-0.25, -0.2) is 4.79 Å². The zero-order valence-corrected chi connectivity index (χ0v) is 14.4. The van der Waals surface area contributed by atoms with E-state index in [1.54, 1.807) is 42.5 Å². The first kappa shape index (κ1) is 17.3. The van der Waals surface area contributed by atoms with Crippen molar-refractivity contribution in [1.82, 2.24) is 0 Å². The Balaban J connectivity index is 1.84. The van der Waals surface area contributed by atoms with Crippen molar-refractivity contribution < 1.29 is 24.1 Å². The molecule has 0 aliphatic carbocycles. The van der Waals surface area contributed by atoms with Crippen LogP contribution in [0.15, 0.2) is 48.5 Å². The van der Waals surface area contributed by atoms with E-state index in [4.69, 9.17) is 14.5 Å². The number of Topliss-reactive ketones (excluding diaryl/α,β-unsaturated/α-hetero) is 1. The minimum Gasteiger partial charge on any atom is -0.456 e. The number of rotatable bonds is 5. The first-order valence-electron chi connectivity index (χ1n) is 8.11. The van der Waals surface area contributed by atoms with Gasteiger partial charge in [0.05, 0.1) is 5.56 Å². The predicted molar refractivity (Wildman–Crippen MR) is 91.0 cm³/mol. The van der Waals surface area contributed by atoms with E-state index < -0.39 is 17.9 Å². The van der Waals surface area contributed by atoms with E-state index in [-0.39, 0.29) is 12.2 Å². The molecule has 2 aromatic carbocycles. The van der Waals surface area contributed by atoms with Gasteiger partial charge in [0, 0.05) is 17.5 Å². The molecule has 1 fully saturated rings. The number of carbonyl (C=O) groups is 2. The molecule has 0 atom stereocenters. The van der Waals surface area contributed by atoms with Crippen LogP contribution in [0.3, 0.4) is 0 Å². The molecule has 25 heavy (non-hydrogen) atoms. The van der Waals surface area contributed by atoms with Crippen molar-refractivity contribution in [2.24, 2.45) is 0 Å². The average molecular weight is 340 g/mol. The molecule has 5 heteroatoms. The summed E-state index contributed by atoms with van der Waals surface area (Å²) < 4.78 is 5.43. The lowest BCUT2D eigenvalue weighted by molar-refractivity contribution is 0.00686. The summed E-state index contributed by atoms with van der Waals surface area (Å²) in [4.78, 5) is 34.8. The molecule has 0 saturated carbocycles. The summed E-state index contributed by atoms with van der Waals surface area (Å²) in [5.41, 5.74) is 1.67. The first-order valence-corrected chi connectivity index (χ1v) is 8.11. The highest BCUT2D eigenvalue weighted by Crippen LogP contribution is 2.34. The van der Waals surface area contributed by atoms with Crippen molar-refractivity contribution >= 4 is 11.8 Å². The Kier molecular flexibility index (Phi) is 4.70. The standard InChI is InChI=1S/C20H20O5/c1-20(2,3)23-18(22)14-9-5-4-8-13(14)12-17(21)15-10-6-7-11-16(15)19-24-25-19/h4-11,19H,12H2,1-3H3. The third-order valence-electron chi connectivity index (χ3n) is 3.69. The van der Waals surface area contributed by atoms with Crippen LogP contribution < -0.4 is 0 Å². The van der Waals surface area contributed by atoms with Gasteiger partial charge >= 0.3 is 5.97 Å². The van der Waals surface area contributed by atoms with Gasteiger partial charge < -0.3 is 4.74 Å². The molecule has 130 valence electrons. The molecule has 5 nitrogen and oxygen atoms in total. The fourth-order valence-electron chi connectivity index (χ4n) is 2.56. The van der Waals surface area contributed by atoms with Crippen molar-refractivity contribution in [3.8, 4) is 0 Å². The normalized spacial score (nSPS) is 14.2. The van der Waals surface area contributed by atoms with Crippen LogP contribution in [-0.2, 0) is 20.9 Å². The molecular weight excluding hydrogens is 320 g/mol. The number of hydrogen-bond acceptors (Lipinski definition) is 5. The monoisotopic (exact) mass is 340 g/mol. The lowest BCUT2D eigenvalue weighted by Crippen LogP contribution is -2.25. The van der Waals surface area contributed by atoms with Crippen LogP contribution in [0, 0.1) is 0 Å². The van der Waals surface area contributed by atoms with Crippen LogP contribution in [0.2, 0.25) is 0 Å². The van der Waals surface area contributed by atoms with Crippen molar-refractivity contribution in [2.75, 3.05) is 0 Å². The minimum atomic E-state index is -0.596. The average Bonchev–Trinajstić information content (AvgIpc) is 3.38. The van der Waals surface area contributed by atoms with Crippen LogP contribution in [-0.4, -0.2) is 17.4 Å². The molecule has 0 amide bonds. The van der Waals surface area contributed by atoms with E-state index in [1.165, 1.54) is 0 Å². The highest BCUT2D eigenvalue weighted by atomic mass is 17.4. The summed E-state index contributed by atoms with van der Waals surface area (Å²) in [5.74, 6) is -0.538. The van der Waals surface area contributed by atoms with E-state index >= 15 is 0 Å². The highest BCUT2D eigenvalue weighted by Gasteiger charge is 2.32. The largest absolute Gasteiger partial charge is 0.456 e. The number of benzene rings is 2. The molecule has 0 radical (unpaired) electrons. The molecule has 1 aliphatic heterocycles. The van der Waals surface area contributed by atoms with Crippen molar-refractivity contribution in [3.63, 3.8) is 0 Å². The van der Waals surface area contributed by atoms with E-state index in [0.717, 1.165) is 0 Å².